The molecule has 0 heterocycles. The highest BCUT2D eigenvalue weighted by atomic mass is 31.2. The van der Waals surface area contributed by atoms with Gasteiger partial charge in [-0.2, -0.15) is 0 Å². The standard InChI is InChI=1S/C88H172O17P2/c1-7-10-12-14-16-18-20-22-24-26-28-33-37-41-45-52-58-64-70-85(90)98-76-83(104-87(92)72-67-61-55-47-43-39-35-31-30-32-36-40-44-50-56-62-68-80(4)5)78-102-106(94,95)100-74-82(89)75-101-107(96,97)103-79-84(77-99-86(91)71-65-59-53-49-48-51-57-63-69-81(6)9-3)105-88(93)73-66-60-54-46-42-38-34-29-27-25-23-21-19-17-15-13-11-8-2/h80-84,89H,7-79H2,1-6H3,(H,94,95)(H,96,97)/t81?,82-,83-,84-/m1/s1. The third-order valence-corrected chi connectivity index (χ3v) is 23.0. The molecule has 636 valence electrons. The summed E-state index contributed by atoms with van der Waals surface area (Å²) in [6.45, 7) is 9.72. The summed E-state index contributed by atoms with van der Waals surface area (Å²) >= 11 is 0. The highest BCUT2D eigenvalue weighted by molar-refractivity contribution is 7.47. The van der Waals surface area contributed by atoms with Gasteiger partial charge in [0.25, 0.3) is 0 Å². The third-order valence-electron chi connectivity index (χ3n) is 21.1. The van der Waals surface area contributed by atoms with Crippen molar-refractivity contribution in [2.24, 2.45) is 11.8 Å². The van der Waals surface area contributed by atoms with Crippen LogP contribution in [-0.4, -0.2) is 96.7 Å². The molecule has 19 heteroatoms. The first-order valence-electron chi connectivity index (χ1n) is 45.5. The number of unbranched alkanes of at least 4 members (excludes halogenated alkanes) is 56. The summed E-state index contributed by atoms with van der Waals surface area (Å²) in [6.07, 6.45) is 72.1. The van der Waals surface area contributed by atoms with Crippen molar-refractivity contribution in [3.05, 3.63) is 0 Å². The van der Waals surface area contributed by atoms with E-state index < -0.39 is 97.5 Å². The van der Waals surface area contributed by atoms with Crippen LogP contribution in [0.15, 0.2) is 0 Å². The summed E-state index contributed by atoms with van der Waals surface area (Å²) in [5.41, 5.74) is 0. The number of esters is 4. The van der Waals surface area contributed by atoms with Gasteiger partial charge < -0.3 is 33.8 Å². The van der Waals surface area contributed by atoms with Gasteiger partial charge in [0.05, 0.1) is 26.4 Å². The topological polar surface area (TPSA) is 237 Å². The number of hydrogen-bond acceptors (Lipinski definition) is 15. The van der Waals surface area contributed by atoms with Gasteiger partial charge in [0.1, 0.15) is 19.3 Å². The molecule has 3 unspecified atom stereocenters. The van der Waals surface area contributed by atoms with Crippen molar-refractivity contribution >= 4 is 39.5 Å². The zero-order valence-corrected chi connectivity index (χ0v) is 72.2. The Hall–Kier alpha value is -1.94. The third kappa shape index (κ3) is 80.5. The molecule has 0 aliphatic heterocycles. The molecule has 0 aromatic rings. The van der Waals surface area contributed by atoms with Gasteiger partial charge in [0, 0.05) is 25.7 Å². The lowest BCUT2D eigenvalue weighted by Crippen LogP contribution is -2.30. The van der Waals surface area contributed by atoms with E-state index in [1.54, 1.807) is 0 Å². The molecule has 0 fully saturated rings. The van der Waals surface area contributed by atoms with Gasteiger partial charge in [-0.15, -0.1) is 0 Å². The van der Waals surface area contributed by atoms with E-state index in [1.807, 2.05) is 0 Å². The first-order valence-corrected chi connectivity index (χ1v) is 48.5. The van der Waals surface area contributed by atoms with Crippen LogP contribution < -0.4 is 0 Å². The largest absolute Gasteiger partial charge is 0.472 e. The SMILES string of the molecule is CCCCCCCCCCCCCCCCCCCCC(=O)OC[C@H](COP(=O)(O)OC[C@@H](O)COP(=O)(O)OC[C@@H](COC(=O)CCCCCCCCCCC(C)CC)OC(=O)CCCCCCCCCCCCCCCCCCCC)OC(=O)CCCCCCCCCCCCCCCCCCC(C)C. The molecule has 107 heavy (non-hydrogen) atoms. The molecule has 0 saturated carbocycles. The van der Waals surface area contributed by atoms with Crippen LogP contribution in [0.5, 0.6) is 0 Å². The highest BCUT2D eigenvalue weighted by Gasteiger charge is 2.31. The van der Waals surface area contributed by atoms with Crippen molar-refractivity contribution < 1.29 is 80.2 Å². The van der Waals surface area contributed by atoms with Crippen LogP contribution >= 0.6 is 15.6 Å². The zero-order valence-electron chi connectivity index (χ0n) is 70.5. The fourth-order valence-corrected chi connectivity index (χ4v) is 15.3. The normalized spacial score (nSPS) is 14.0. The highest BCUT2D eigenvalue weighted by Crippen LogP contribution is 2.45. The molecule has 0 spiro atoms. The fraction of sp³-hybridized carbons (Fsp3) is 0.955. The molecular weight excluding hydrogens is 1390 g/mol. The van der Waals surface area contributed by atoms with Gasteiger partial charge in [-0.1, -0.05) is 420 Å². The predicted octanol–water partition coefficient (Wildman–Crippen LogP) is 27.0. The summed E-state index contributed by atoms with van der Waals surface area (Å²) < 4.78 is 69.0. The lowest BCUT2D eigenvalue weighted by molar-refractivity contribution is -0.161. The molecule has 17 nitrogen and oxygen atoms in total. The van der Waals surface area contributed by atoms with Gasteiger partial charge in [-0.25, -0.2) is 9.13 Å². The summed E-state index contributed by atoms with van der Waals surface area (Å²) in [5.74, 6) is -0.512. The number of ether oxygens (including phenoxy) is 4. The van der Waals surface area contributed by atoms with E-state index in [-0.39, 0.29) is 25.7 Å². The first-order chi connectivity index (χ1) is 51.9. The second kappa shape index (κ2) is 79.3. The first kappa shape index (κ1) is 105. The summed E-state index contributed by atoms with van der Waals surface area (Å²) in [4.78, 5) is 73.3. The van der Waals surface area contributed by atoms with Crippen molar-refractivity contribution in [3.63, 3.8) is 0 Å². The van der Waals surface area contributed by atoms with Crippen LogP contribution in [0.2, 0.25) is 0 Å². The average molecular weight is 1560 g/mol. The maximum Gasteiger partial charge on any atom is 0.472 e. The Balaban J connectivity index is 5.26. The number of rotatable bonds is 87. The minimum absolute atomic E-state index is 0.108. The average Bonchev–Trinajstić information content (AvgIpc) is 1.57. The molecule has 0 rings (SSSR count). The number of aliphatic hydroxyl groups excluding tert-OH is 1. The minimum Gasteiger partial charge on any atom is -0.462 e. The molecule has 0 aromatic carbocycles. The van der Waals surface area contributed by atoms with E-state index in [4.69, 9.17) is 37.0 Å². The van der Waals surface area contributed by atoms with Gasteiger partial charge in [0.15, 0.2) is 12.2 Å². The smallest absolute Gasteiger partial charge is 0.462 e. The zero-order chi connectivity index (χ0) is 78.5. The Labute approximate surface area is 658 Å². The quantitative estimate of drug-likeness (QED) is 0.0222. The molecule has 0 saturated heterocycles. The summed E-state index contributed by atoms with van der Waals surface area (Å²) in [7, 11) is -9.93. The van der Waals surface area contributed by atoms with Gasteiger partial charge in [-0.3, -0.25) is 37.3 Å². The Kier molecular flexibility index (Phi) is 77.9. The van der Waals surface area contributed by atoms with E-state index in [1.165, 1.54) is 289 Å². The molecule has 6 atom stereocenters. The van der Waals surface area contributed by atoms with E-state index in [0.29, 0.717) is 25.7 Å². The molecule has 0 amide bonds. The number of hydrogen-bond donors (Lipinski definition) is 3. The number of phosphoric acid groups is 2. The van der Waals surface area contributed by atoms with Crippen LogP contribution in [0.1, 0.15) is 472 Å². The Morgan fingerprint density at radius 2 is 0.477 bits per heavy atom. The molecule has 0 aromatic heterocycles. The number of carbonyl (C=O) groups is 4. The van der Waals surface area contributed by atoms with E-state index in [2.05, 4.69) is 41.5 Å². The second-order valence-electron chi connectivity index (χ2n) is 32.4. The monoisotopic (exact) mass is 1560 g/mol. The number of phosphoric ester groups is 2. The van der Waals surface area contributed by atoms with Crippen molar-refractivity contribution in [3.8, 4) is 0 Å². The van der Waals surface area contributed by atoms with Crippen molar-refractivity contribution in [2.75, 3.05) is 39.6 Å². The van der Waals surface area contributed by atoms with Crippen molar-refractivity contribution in [1.29, 1.82) is 0 Å². The predicted molar refractivity (Wildman–Crippen MR) is 442 cm³/mol. The molecule has 0 radical (unpaired) electrons. The van der Waals surface area contributed by atoms with Gasteiger partial charge in [0.2, 0.25) is 0 Å². The number of aliphatic hydroxyl groups is 1. The molecular formula is C88H172O17P2. The molecule has 3 N–H and O–H groups in total. The Morgan fingerprint density at radius 3 is 0.710 bits per heavy atom. The second-order valence-corrected chi connectivity index (χ2v) is 35.3. The van der Waals surface area contributed by atoms with Crippen LogP contribution in [0.25, 0.3) is 0 Å². The molecule has 0 aliphatic carbocycles. The Bertz CT molecular complexity index is 2050. The number of carbonyl (C=O) groups excluding carboxylic acids is 4. The fourth-order valence-electron chi connectivity index (χ4n) is 13.7. The lowest BCUT2D eigenvalue weighted by Gasteiger charge is -2.21. The maximum absolute atomic E-state index is 13.2. The Morgan fingerprint density at radius 1 is 0.271 bits per heavy atom. The molecule has 0 bridgehead atoms. The van der Waals surface area contributed by atoms with Crippen LogP contribution in [-0.2, 0) is 65.4 Å². The van der Waals surface area contributed by atoms with Crippen LogP contribution in [0.4, 0.5) is 0 Å². The molecule has 0 aliphatic rings. The maximum atomic E-state index is 13.2. The van der Waals surface area contributed by atoms with Crippen molar-refractivity contribution in [2.45, 2.75) is 490 Å². The van der Waals surface area contributed by atoms with E-state index in [9.17, 15) is 43.2 Å². The van der Waals surface area contributed by atoms with Crippen LogP contribution in [0, 0.1) is 11.8 Å². The van der Waals surface area contributed by atoms with E-state index in [0.717, 1.165) is 102 Å². The lowest BCUT2D eigenvalue weighted by atomic mass is 9.99. The summed E-state index contributed by atoms with van der Waals surface area (Å²) in [5, 5.41) is 10.7. The summed E-state index contributed by atoms with van der Waals surface area (Å²) in [6, 6.07) is 0. The van der Waals surface area contributed by atoms with E-state index >= 15 is 0 Å². The van der Waals surface area contributed by atoms with Gasteiger partial charge in [-0.05, 0) is 37.5 Å². The van der Waals surface area contributed by atoms with Crippen molar-refractivity contribution in [1.82, 2.24) is 0 Å². The van der Waals surface area contributed by atoms with Crippen LogP contribution in [0.3, 0.4) is 0 Å². The van der Waals surface area contributed by atoms with Gasteiger partial charge >= 0.3 is 39.5 Å². The minimum atomic E-state index is -4.97.